The maximum atomic E-state index is 11.0. The predicted molar refractivity (Wildman–Crippen MR) is 113 cm³/mol. The van der Waals surface area contributed by atoms with Crippen molar-refractivity contribution in [2.75, 3.05) is 31.9 Å². The summed E-state index contributed by atoms with van der Waals surface area (Å²) in [6.07, 6.45) is 16.3. The van der Waals surface area contributed by atoms with Crippen LogP contribution >= 0.6 is 0 Å². The molecule has 0 spiro atoms. The van der Waals surface area contributed by atoms with Crippen molar-refractivity contribution in [3.63, 3.8) is 0 Å². The zero-order chi connectivity index (χ0) is 19.7. The number of quaternary nitrogens is 1. The number of unbranched alkanes of at least 4 members (excludes halogenated alkanes) is 9. The van der Waals surface area contributed by atoms with Gasteiger partial charge >= 0.3 is 0 Å². The van der Waals surface area contributed by atoms with Crippen LogP contribution in [-0.2, 0) is 10.1 Å². The van der Waals surface area contributed by atoms with Crippen molar-refractivity contribution in [3.05, 3.63) is 0 Å². The number of hydrogen-bond acceptors (Lipinski definition) is 2. The lowest BCUT2D eigenvalue weighted by molar-refractivity contribution is -0.928. The molecule has 0 radical (unpaired) electrons. The van der Waals surface area contributed by atoms with Crippen LogP contribution in [0, 0.1) is 0 Å². The van der Waals surface area contributed by atoms with Crippen LogP contribution in [0.5, 0.6) is 0 Å². The van der Waals surface area contributed by atoms with E-state index < -0.39 is 10.1 Å². The van der Waals surface area contributed by atoms with Gasteiger partial charge in [0.15, 0.2) is 0 Å². The summed E-state index contributed by atoms with van der Waals surface area (Å²) in [6, 6.07) is 0. The third kappa shape index (κ3) is 15.0. The van der Waals surface area contributed by atoms with Crippen LogP contribution in [0.2, 0.25) is 0 Å². The first-order chi connectivity index (χ1) is 12.4. The standard InChI is InChI=1S/C21H45NO3S/c1-4-7-8-9-10-11-12-13-14-15-19-22(17-5-2,18-6-3)20-16-21-26(23,24)25/h4-21H2,1-3H3/p+1. The van der Waals surface area contributed by atoms with E-state index in [4.69, 9.17) is 4.55 Å². The second-order valence-electron chi connectivity index (χ2n) is 8.06. The van der Waals surface area contributed by atoms with Gasteiger partial charge in [0.1, 0.15) is 0 Å². The van der Waals surface area contributed by atoms with Gasteiger partial charge < -0.3 is 4.48 Å². The fourth-order valence-corrected chi connectivity index (χ4v) is 4.63. The lowest BCUT2D eigenvalue weighted by Gasteiger charge is -2.39. The van der Waals surface area contributed by atoms with Gasteiger partial charge in [-0.3, -0.25) is 4.55 Å². The molecule has 0 aliphatic heterocycles. The molecule has 1 N–H and O–H groups in total. The highest BCUT2D eigenvalue weighted by Crippen LogP contribution is 2.16. The lowest BCUT2D eigenvalue weighted by Crippen LogP contribution is -2.50. The van der Waals surface area contributed by atoms with Crippen molar-refractivity contribution in [1.29, 1.82) is 0 Å². The molecule has 0 heterocycles. The van der Waals surface area contributed by atoms with Gasteiger partial charge in [0.2, 0.25) is 0 Å². The Kier molecular flexibility index (Phi) is 15.8. The Labute approximate surface area is 164 Å². The van der Waals surface area contributed by atoms with Gasteiger partial charge in [0, 0.05) is 6.42 Å². The van der Waals surface area contributed by atoms with E-state index in [1.54, 1.807) is 0 Å². The van der Waals surface area contributed by atoms with E-state index in [0.29, 0.717) is 6.42 Å². The molecule has 0 fully saturated rings. The molecule has 158 valence electrons. The van der Waals surface area contributed by atoms with Crippen molar-refractivity contribution < 1.29 is 17.5 Å². The van der Waals surface area contributed by atoms with Gasteiger partial charge in [0.25, 0.3) is 10.1 Å². The van der Waals surface area contributed by atoms with Crippen LogP contribution in [0.1, 0.15) is 104 Å². The largest absolute Gasteiger partial charge is 0.324 e. The van der Waals surface area contributed by atoms with E-state index in [-0.39, 0.29) is 5.75 Å². The Hall–Kier alpha value is -0.130. The molecule has 0 saturated heterocycles. The smallest absolute Gasteiger partial charge is 0.265 e. The maximum Gasteiger partial charge on any atom is 0.265 e. The number of nitrogens with zero attached hydrogens (tertiary/aromatic N) is 1. The molecule has 0 aromatic rings. The average molecular weight is 393 g/mol. The Bertz CT molecular complexity index is 403. The second kappa shape index (κ2) is 15.9. The van der Waals surface area contributed by atoms with E-state index in [1.165, 1.54) is 64.2 Å². The van der Waals surface area contributed by atoms with Crippen molar-refractivity contribution in [2.45, 2.75) is 104 Å². The van der Waals surface area contributed by atoms with E-state index >= 15 is 0 Å². The van der Waals surface area contributed by atoms with Gasteiger partial charge in [-0.2, -0.15) is 8.42 Å². The summed E-state index contributed by atoms with van der Waals surface area (Å²) in [5.74, 6) is -0.0988. The van der Waals surface area contributed by atoms with E-state index in [1.807, 2.05) is 0 Å². The summed E-state index contributed by atoms with van der Waals surface area (Å²) in [5, 5.41) is 0. The molecule has 0 unspecified atom stereocenters. The zero-order valence-corrected chi connectivity index (χ0v) is 18.7. The molecule has 0 atom stereocenters. The molecule has 0 rings (SSSR count). The van der Waals surface area contributed by atoms with Crippen LogP contribution in [0.15, 0.2) is 0 Å². The Morgan fingerprint density at radius 2 is 1.00 bits per heavy atom. The van der Waals surface area contributed by atoms with Gasteiger partial charge in [-0.05, 0) is 25.7 Å². The molecule has 4 nitrogen and oxygen atoms in total. The molecule has 5 heteroatoms. The zero-order valence-electron chi connectivity index (χ0n) is 17.8. The Morgan fingerprint density at radius 1 is 0.577 bits per heavy atom. The van der Waals surface area contributed by atoms with Crippen molar-refractivity contribution >= 4 is 10.1 Å². The van der Waals surface area contributed by atoms with Gasteiger partial charge in [-0.1, -0.05) is 72.1 Å². The minimum absolute atomic E-state index is 0.0988. The Morgan fingerprint density at radius 3 is 1.42 bits per heavy atom. The average Bonchev–Trinajstić information content (AvgIpc) is 2.56. The highest BCUT2D eigenvalue weighted by molar-refractivity contribution is 7.85. The van der Waals surface area contributed by atoms with Gasteiger partial charge in [-0.15, -0.1) is 0 Å². The summed E-state index contributed by atoms with van der Waals surface area (Å²) in [7, 11) is -3.83. The molecule has 0 aromatic heterocycles. The Balaban J connectivity index is 4.09. The third-order valence-electron chi connectivity index (χ3n) is 5.42. The summed E-state index contributed by atoms with van der Waals surface area (Å²) < 4.78 is 32.1. The normalized spacial score (nSPS) is 12.6. The fourth-order valence-electron chi connectivity index (χ4n) is 4.14. The number of rotatable bonds is 19. The van der Waals surface area contributed by atoms with E-state index in [2.05, 4.69) is 20.8 Å². The van der Waals surface area contributed by atoms with Crippen LogP contribution in [-0.4, -0.2) is 49.4 Å². The molecule has 26 heavy (non-hydrogen) atoms. The monoisotopic (exact) mass is 392 g/mol. The SMILES string of the molecule is CCCCCCCCCCCC[N+](CCC)(CCC)CCCS(=O)(=O)O. The fraction of sp³-hybridized carbons (Fsp3) is 1.00. The molecule has 0 aromatic carbocycles. The minimum Gasteiger partial charge on any atom is -0.324 e. The van der Waals surface area contributed by atoms with E-state index in [9.17, 15) is 8.42 Å². The minimum atomic E-state index is -3.83. The third-order valence-corrected chi connectivity index (χ3v) is 6.22. The highest BCUT2D eigenvalue weighted by atomic mass is 32.2. The van der Waals surface area contributed by atoms with Crippen molar-refractivity contribution in [1.82, 2.24) is 0 Å². The maximum absolute atomic E-state index is 11.0. The lowest BCUT2D eigenvalue weighted by atomic mass is 10.1. The summed E-state index contributed by atoms with van der Waals surface area (Å²) in [5.41, 5.74) is 0. The summed E-state index contributed by atoms with van der Waals surface area (Å²) >= 11 is 0. The molecule has 0 amide bonds. The summed E-state index contributed by atoms with van der Waals surface area (Å²) in [6.45, 7) is 11.0. The van der Waals surface area contributed by atoms with Crippen molar-refractivity contribution in [2.24, 2.45) is 0 Å². The summed E-state index contributed by atoms with van der Waals surface area (Å²) in [4.78, 5) is 0. The van der Waals surface area contributed by atoms with Crippen LogP contribution in [0.3, 0.4) is 0 Å². The first-order valence-corrected chi connectivity index (χ1v) is 12.8. The van der Waals surface area contributed by atoms with Gasteiger partial charge in [0.05, 0.1) is 31.9 Å². The van der Waals surface area contributed by atoms with Crippen LogP contribution in [0.25, 0.3) is 0 Å². The molecule has 0 bridgehead atoms. The van der Waals surface area contributed by atoms with E-state index in [0.717, 1.165) is 43.5 Å². The van der Waals surface area contributed by atoms with Crippen molar-refractivity contribution in [3.8, 4) is 0 Å². The first-order valence-electron chi connectivity index (χ1n) is 11.2. The predicted octanol–water partition coefficient (Wildman–Crippen LogP) is 5.82. The molecular weight excluding hydrogens is 346 g/mol. The second-order valence-corrected chi connectivity index (χ2v) is 9.63. The quantitative estimate of drug-likeness (QED) is 0.171. The molecule has 0 saturated carbocycles. The first kappa shape index (κ1) is 25.9. The number of hydrogen-bond donors (Lipinski definition) is 1. The molecule has 0 aliphatic rings. The highest BCUT2D eigenvalue weighted by Gasteiger charge is 2.25. The van der Waals surface area contributed by atoms with Gasteiger partial charge in [-0.25, -0.2) is 0 Å². The topological polar surface area (TPSA) is 54.4 Å². The van der Waals surface area contributed by atoms with Crippen LogP contribution in [0.4, 0.5) is 0 Å². The molecular formula is C21H46NO3S+. The molecule has 0 aliphatic carbocycles. The van der Waals surface area contributed by atoms with Crippen LogP contribution < -0.4 is 0 Å².